The van der Waals surface area contributed by atoms with Crippen molar-refractivity contribution < 1.29 is 0 Å². The topological polar surface area (TPSA) is 15.3 Å². The smallest absolute Gasteiger partial charge is 0.0272 e. The average Bonchev–Trinajstić information content (AvgIpc) is 1.79. The molecule has 0 bridgehead atoms. The summed E-state index contributed by atoms with van der Waals surface area (Å²) in [7, 11) is 0. The van der Waals surface area contributed by atoms with Gasteiger partial charge in [-0.15, -0.1) is 0 Å². The Bertz CT molecular complexity index is 103. The first-order valence-corrected chi connectivity index (χ1v) is 4.42. The predicted molar refractivity (Wildman–Crippen MR) is 50.4 cm³/mol. The Morgan fingerprint density at radius 2 is 1.73 bits per heavy atom. The van der Waals surface area contributed by atoms with Crippen LogP contribution in [0.3, 0.4) is 0 Å². The molecule has 0 atom stereocenters. The third-order valence-electron chi connectivity index (χ3n) is 1.57. The summed E-state index contributed by atoms with van der Waals surface area (Å²) >= 11 is 0. The minimum atomic E-state index is 0.212. The zero-order chi connectivity index (χ0) is 9.07. The summed E-state index contributed by atoms with van der Waals surface area (Å²) in [6, 6.07) is 0.551. The quantitative estimate of drug-likeness (QED) is 0.632. The van der Waals surface area contributed by atoms with Crippen LogP contribution in [-0.2, 0) is 0 Å². The minimum absolute atomic E-state index is 0.212. The number of nitrogens with one attached hydrogen (secondary N) is 1. The van der Waals surface area contributed by atoms with Crippen molar-refractivity contribution in [3.8, 4) is 0 Å². The van der Waals surface area contributed by atoms with Gasteiger partial charge in [0.05, 0.1) is 0 Å². The summed E-state index contributed by atoms with van der Waals surface area (Å²) in [5.74, 6) is 0. The second-order valence-corrected chi connectivity index (χ2v) is 4.15. The molecule has 0 rings (SSSR count). The molecule has 0 aromatic heterocycles. The molecule has 0 radical (unpaired) electrons. The van der Waals surface area contributed by atoms with E-state index >= 15 is 0 Å². The molecule has 2 nitrogen and oxygen atoms in total. The fourth-order valence-electron chi connectivity index (χ4n) is 1.36. The van der Waals surface area contributed by atoms with Gasteiger partial charge in [0.2, 0.25) is 0 Å². The molecule has 0 aliphatic heterocycles. The van der Waals surface area contributed by atoms with Gasteiger partial charge in [-0.25, -0.2) is 5.01 Å². The van der Waals surface area contributed by atoms with E-state index in [0.717, 1.165) is 6.54 Å². The van der Waals surface area contributed by atoms with E-state index in [1.54, 1.807) is 0 Å². The summed E-state index contributed by atoms with van der Waals surface area (Å²) in [5.41, 5.74) is 3.57. The number of rotatable bonds is 3. The Labute approximate surface area is 70.9 Å². The Morgan fingerprint density at radius 3 is 1.82 bits per heavy atom. The summed E-state index contributed by atoms with van der Waals surface area (Å²) in [5, 5.41) is 2.28. The first kappa shape index (κ1) is 10.9. The van der Waals surface area contributed by atoms with Crippen LogP contribution in [0.2, 0.25) is 0 Å². The molecule has 2 heteroatoms. The van der Waals surface area contributed by atoms with Crippen molar-refractivity contribution in [2.24, 2.45) is 0 Å². The van der Waals surface area contributed by atoms with E-state index in [4.69, 9.17) is 0 Å². The number of hydrogen-bond donors (Lipinski definition) is 1. The van der Waals surface area contributed by atoms with E-state index in [1.165, 1.54) is 0 Å². The summed E-state index contributed by atoms with van der Waals surface area (Å²) in [6.45, 7) is 14.2. The molecule has 0 saturated carbocycles. The highest BCUT2D eigenvalue weighted by Crippen LogP contribution is 2.13. The molecule has 68 valence electrons. The lowest BCUT2D eigenvalue weighted by Gasteiger charge is -2.38. The van der Waals surface area contributed by atoms with E-state index in [9.17, 15) is 0 Å². The first-order chi connectivity index (χ1) is 4.89. The van der Waals surface area contributed by atoms with Crippen molar-refractivity contribution in [3.05, 3.63) is 0 Å². The number of hydrazine groups is 1. The lowest BCUT2D eigenvalue weighted by atomic mass is 10.1. The van der Waals surface area contributed by atoms with Crippen LogP contribution in [-0.4, -0.2) is 23.1 Å². The highest BCUT2D eigenvalue weighted by molar-refractivity contribution is 4.75. The zero-order valence-electron chi connectivity index (χ0n) is 8.73. The summed E-state index contributed by atoms with van der Waals surface area (Å²) in [6.07, 6.45) is 0. The second-order valence-electron chi connectivity index (χ2n) is 4.15. The van der Waals surface area contributed by atoms with E-state index in [-0.39, 0.29) is 5.54 Å². The summed E-state index contributed by atoms with van der Waals surface area (Å²) < 4.78 is 0. The molecule has 0 unspecified atom stereocenters. The van der Waals surface area contributed by atoms with Gasteiger partial charge in [-0.3, -0.25) is 5.43 Å². The zero-order valence-corrected chi connectivity index (χ0v) is 8.73. The van der Waals surface area contributed by atoms with Crippen molar-refractivity contribution in [3.63, 3.8) is 0 Å². The lowest BCUT2D eigenvalue weighted by Crippen LogP contribution is -2.53. The maximum atomic E-state index is 3.36. The molecule has 0 saturated heterocycles. The van der Waals surface area contributed by atoms with Crippen molar-refractivity contribution in [2.45, 2.75) is 53.1 Å². The van der Waals surface area contributed by atoms with Crippen molar-refractivity contribution in [1.82, 2.24) is 10.4 Å². The van der Waals surface area contributed by atoms with Gasteiger partial charge >= 0.3 is 0 Å². The van der Waals surface area contributed by atoms with Gasteiger partial charge in [-0.2, -0.15) is 0 Å². The first-order valence-electron chi connectivity index (χ1n) is 4.42. The van der Waals surface area contributed by atoms with Crippen molar-refractivity contribution in [1.29, 1.82) is 0 Å². The van der Waals surface area contributed by atoms with Gasteiger partial charge in [0.25, 0.3) is 0 Å². The van der Waals surface area contributed by atoms with Gasteiger partial charge in [0.15, 0.2) is 0 Å². The van der Waals surface area contributed by atoms with Gasteiger partial charge in [0.1, 0.15) is 0 Å². The van der Waals surface area contributed by atoms with Gasteiger partial charge in [-0.1, -0.05) is 6.92 Å². The van der Waals surface area contributed by atoms with Crippen LogP contribution in [0.4, 0.5) is 0 Å². The average molecular weight is 158 g/mol. The Hall–Kier alpha value is -0.0800. The second kappa shape index (κ2) is 4.07. The Balaban J connectivity index is 4.10. The van der Waals surface area contributed by atoms with Crippen LogP contribution in [0.5, 0.6) is 0 Å². The van der Waals surface area contributed by atoms with Crippen LogP contribution in [0.1, 0.15) is 41.5 Å². The molecule has 0 aliphatic carbocycles. The molecular weight excluding hydrogens is 136 g/mol. The third-order valence-corrected chi connectivity index (χ3v) is 1.57. The molecule has 0 heterocycles. The molecule has 0 fully saturated rings. The molecule has 1 N–H and O–H groups in total. The van der Waals surface area contributed by atoms with E-state index in [2.05, 4.69) is 52.0 Å². The maximum Gasteiger partial charge on any atom is 0.0272 e. The Morgan fingerprint density at radius 1 is 1.27 bits per heavy atom. The molecule has 0 aromatic rings. The molecule has 0 aromatic carbocycles. The van der Waals surface area contributed by atoms with Crippen molar-refractivity contribution in [2.75, 3.05) is 6.54 Å². The van der Waals surface area contributed by atoms with Crippen LogP contribution in [0.15, 0.2) is 0 Å². The predicted octanol–water partition coefficient (Wildman–Crippen LogP) is 2.02. The normalized spacial score (nSPS) is 13.1. The summed E-state index contributed by atoms with van der Waals surface area (Å²) in [4.78, 5) is 0. The van der Waals surface area contributed by atoms with Gasteiger partial charge in [0, 0.05) is 18.1 Å². The van der Waals surface area contributed by atoms with E-state index in [0.29, 0.717) is 6.04 Å². The fraction of sp³-hybridized carbons (Fsp3) is 1.00. The standard InChI is InChI=1S/C9H22N2/c1-7-10-11(8(2)3)9(4,5)6/h8,10H,7H2,1-6H3. The molecule has 0 spiro atoms. The highest BCUT2D eigenvalue weighted by atomic mass is 15.5. The number of hydrogen-bond acceptors (Lipinski definition) is 2. The van der Waals surface area contributed by atoms with E-state index < -0.39 is 0 Å². The maximum absolute atomic E-state index is 3.36. The SMILES string of the molecule is CCNN(C(C)C)C(C)(C)C. The monoisotopic (exact) mass is 158 g/mol. The third kappa shape index (κ3) is 3.73. The molecule has 0 amide bonds. The molecule has 11 heavy (non-hydrogen) atoms. The largest absolute Gasteiger partial charge is 0.255 e. The minimum Gasteiger partial charge on any atom is -0.255 e. The highest BCUT2D eigenvalue weighted by Gasteiger charge is 2.22. The fourth-order valence-corrected chi connectivity index (χ4v) is 1.36. The van der Waals surface area contributed by atoms with Gasteiger partial charge in [-0.05, 0) is 34.6 Å². The van der Waals surface area contributed by atoms with Crippen LogP contribution in [0.25, 0.3) is 0 Å². The van der Waals surface area contributed by atoms with Crippen molar-refractivity contribution >= 4 is 0 Å². The lowest BCUT2D eigenvalue weighted by molar-refractivity contribution is 0.0412. The Kier molecular flexibility index (Phi) is 4.04. The van der Waals surface area contributed by atoms with E-state index in [1.807, 2.05) is 0 Å². The molecule has 0 aliphatic rings. The van der Waals surface area contributed by atoms with Gasteiger partial charge < -0.3 is 0 Å². The van der Waals surface area contributed by atoms with Crippen LogP contribution < -0.4 is 5.43 Å². The van der Waals surface area contributed by atoms with Crippen LogP contribution >= 0.6 is 0 Å². The number of nitrogens with zero attached hydrogens (tertiary/aromatic N) is 1. The van der Waals surface area contributed by atoms with Crippen LogP contribution in [0, 0.1) is 0 Å². The molecular formula is C9H22N2.